The van der Waals surface area contributed by atoms with Crippen molar-refractivity contribution >= 4 is 15.7 Å². The fraction of sp³-hybridized carbons (Fsp3) is 0.379. The molecule has 0 unspecified atom stereocenters. The van der Waals surface area contributed by atoms with Crippen molar-refractivity contribution in [2.45, 2.75) is 55.7 Å². The maximum absolute atomic E-state index is 12.7. The molecule has 0 amide bonds. The second kappa shape index (κ2) is 11.8. The zero-order chi connectivity index (χ0) is 25.7. The van der Waals surface area contributed by atoms with Crippen LogP contribution in [0.5, 0.6) is 0 Å². The maximum atomic E-state index is 12.7. The minimum Gasteiger partial charge on any atom is -0.392 e. The largest absolute Gasteiger partial charge is 0.392 e. The van der Waals surface area contributed by atoms with Crippen LogP contribution in [0.4, 0.5) is 5.69 Å². The van der Waals surface area contributed by atoms with E-state index < -0.39 is 16.3 Å². The summed E-state index contributed by atoms with van der Waals surface area (Å²) < 4.78 is 40.9. The first-order valence-electron chi connectivity index (χ1n) is 12.9. The smallest absolute Gasteiger partial charge is 0.261 e. The van der Waals surface area contributed by atoms with E-state index in [9.17, 15) is 13.5 Å². The summed E-state index contributed by atoms with van der Waals surface area (Å²) in [6, 6.07) is 23.4. The molecule has 3 aromatic rings. The second-order valence-corrected chi connectivity index (χ2v) is 11.4. The number of ether oxygens (including phenoxy) is 2. The summed E-state index contributed by atoms with van der Waals surface area (Å²) in [7, 11) is -3.66. The van der Waals surface area contributed by atoms with Crippen molar-refractivity contribution < 1.29 is 23.0 Å². The predicted molar refractivity (Wildman–Crippen MR) is 142 cm³/mol. The standard InChI is InChI=1S/C29H34N2O5S/c32-21-22-9-11-23(12-10-22)28-19-26(20-31-17-5-2-6-18-31)35-29(36-28)24-13-15-25(16-14-24)30-37(33,34)27-7-3-1-4-8-27/h1,3-4,7-16,26,28-30,32H,2,5-6,17-21H2/t26-,28+,29+/m1/s1. The van der Waals surface area contributed by atoms with Gasteiger partial charge in [0.1, 0.15) is 0 Å². The Morgan fingerprint density at radius 3 is 2.19 bits per heavy atom. The summed E-state index contributed by atoms with van der Waals surface area (Å²) in [6.45, 7) is 3.06. The van der Waals surface area contributed by atoms with E-state index in [1.54, 1.807) is 42.5 Å². The number of rotatable bonds is 8. The number of benzene rings is 3. The lowest BCUT2D eigenvalue weighted by Gasteiger charge is -2.39. The van der Waals surface area contributed by atoms with Crippen molar-refractivity contribution in [3.8, 4) is 0 Å². The third-order valence-corrected chi connectivity index (χ3v) is 8.41. The molecule has 2 N–H and O–H groups in total. The fourth-order valence-electron chi connectivity index (χ4n) is 4.98. The van der Waals surface area contributed by atoms with Crippen molar-refractivity contribution in [1.82, 2.24) is 4.90 Å². The average Bonchev–Trinajstić information content (AvgIpc) is 2.94. The molecule has 0 bridgehead atoms. The van der Waals surface area contributed by atoms with Gasteiger partial charge in [-0.2, -0.15) is 0 Å². The van der Waals surface area contributed by atoms with E-state index in [-0.39, 0.29) is 23.7 Å². The molecule has 3 atom stereocenters. The van der Waals surface area contributed by atoms with E-state index in [0.717, 1.165) is 42.7 Å². The molecule has 0 saturated carbocycles. The Hall–Kier alpha value is -2.75. The van der Waals surface area contributed by atoms with E-state index in [0.29, 0.717) is 5.69 Å². The van der Waals surface area contributed by atoms with Gasteiger partial charge in [0.25, 0.3) is 10.0 Å². The summed E-state index contributed by atoms with van der Waals surface area (Å²) in [5.41, 5.74) is 3.24. The zero-order valence-corrected chi connectivity index (χ0v) is 21.6. The monoisotopic (exact) mass is 522 g/mol. The normalized spacial score (nSPS) is 23.0. The Kier molecular flexibility index (Phi) is 8.22. The van der Waals surface area contributed by atoms with Gasteiger partial charge in [0.2, 0.25) is 0 Å². The van der Waals surface area contributed by atoms with E-state index in [1.165, 1.54) is 19.3 Å². The van der Waals surface area contributed by atoms with Crippen LogP contribution in [-0.4, -0.2) is 44.2 Å². The number of sulfonamides is 1. The van der Waals surface area contributed by atoms with E-state index in [1.807, 2.05) is 36.4 Å². The highest BCUT2D eigenvalue weighted by atomic mass is 32.2. The maximum Gasteiger partial charge on any atom is 0.261 e. The van der Waals surface area contributed by atoms with Gasteiger partial charge in [0, 0.05) is 24.2 Å². The van der Waals surface area contributed by atoms with Crippen LogP contribution in [0, 0.1) is 0 Å². The van der Waals surface area contributed by atoms with Crippen molar-refractivity contribution in [2.24, 2.45) is 0 Å². The van der Waals surface area contributed by atoms with Gasteiger partial charge >= 0.3 is 0 Å². The third-order valence-electron chi connectivity index (χ3n) is 7.01. The number of hydrogen-bond acceptors (Lipinski definition) is 6. The summed E-state index contributed by atoms with van der Waals surface area (Å²) in [4.78, 5) is 2.69. The van der Waals surface area contributed by atoms with Gasteiger partial charge < -0.3 is 19.5 Å². The van der Waals surface area contributed by atoms with Crippen LogP contribution in [0.25, 0.3) is 0 Å². The first kappa shape index (κ1) is 25.9. The lowest BCUT2D eigenvalue weighted by molar-refractivity contribution is -0.253. The number of aliphatic hydroxyl groups is 1. The van der Waals surface area contributed by atoms with Crippen molar-refractivity contribution in [3.05, 3.63) is 95.6 Å². The Bertz CT molecular complexity index is 1240. The van der Waals surface area contributed by atoms with Gasteiger partial charge in [-0.25, -0.2) is 8.42 Å². The van der Waals surface area contributed by atoms with Gasteiger partial charge in [-0.15, -0.1) is 0 Å². The number of nitrogens with one attached hydrogen (secondary N) is 1. The molecule has 8 heteroatoms. The van der Waals surface area contributed by atoms with Gasteiger partial charge in [-0.05, 0) is 61.3 Å². The van der Waals surface area contributed by atoms with Crippen LogP contribution < -0.4 is 4.72 Å². The molecule has 7 nitrogen and oxygen atoms in total. The number of nitrogens with zero attached hydrogens (tertiary/aromatic N) is 1. The molecule has 0 aliphatic carbocycles. The topological polar surface area (TPSA) is 88.1 Å². The Morgan fingerprint density at radius 2 is 1.51 bits per heavy atom. The molecular formula is C29H34N2O5S. The SMILES string of the molecule is O=S(=O)(Nc1ccc([C@H]2O[C@@H](CN3CCCCC3)C[C@@H](c3ccc(CO)cc3)O2)cc1)c1ccccc1. The number of aliphatic hydroxyl groups excluding tert-OH is 1. The molecule has 2 aliphatic heterocycles. The van der Waals surface area contributed by atoms with E-state index in [2.05, 4.69) is 9.62 Å². The number of hydrogen-bond donors (Lipinski definition) is 2. The minimum atomic E-state index is -3.66. The number of piperidine rings is 1. The molecule has 0 radical (unpaired) electrons. The Labute approximate surface area is 219 Å². The molecule has 2 aliphatic rings. The minimum absolute atomic E-state index is 0.00943. The molecule has 3 aromatic carbocycles. The zero-order valence-electron chi connectivity index (χ0n) is 20.8. The Balaban J connectivity index is 1.33. The van der Waals surface area contributed by atoms with Gasteiger partial charge in [-0.1, -0.05) is 61.0 Å². The van der Waals surface area contributed by atoms with E-state index in [4.69, 9.17) is 9.47 Å². The van der Waals surface area contributed by atoms with Crippen LogP contribution in [0.1, 0.15) is 54.8 Å². The van der Waals surface area contributed by atoms with Crippen molar-refractivity contribution in [2.75, 3.05) is 24.4 Å². The van der Waals surface area contributed by atoms with E-state index >= 15 is 0 Å². The van der Waals surface area contributed by atoms with Crippen molar-refractivity contribution in [3.63, 3.8) is 0 Å². The fourth-order valence-corrected chi connectivity index (χ4v) is 6.06. The lowest BCUT2D eigenvalue weighted by Crippen LogP contribution is -2.41. The first-order valence-corrected chi connectivity index (χ1v) is 14.4. The molecular weight excluding hydrogens is 488 g/mol. The summed E-state index contributed by atoms with van der Waals surface area (Å²) in [6.07, 6.45) is 3.78. The Morgan fingerprint density at radius 1 is 0.838 bits per heavy atom. The summed E-state index contributed by atoms with van der Waals surface area (Å²) in [5.74, 6) is 0. The molecule has 5 rings (SSSR count). The van der Waals surface area contributed by atoms with Crippen LogP contribution in [0.2, 0.25) is 0 Å². The van der Waals surface area contributed by atoms with Gasteiger partial charge in [0.05, 0.1) is 23.7 Å². The van der Waals surface area contributed by atoms with Gasteiger partial charge in [0.15, 0.2) is 6.29 Å². The lowest BCUT2D eigenvalue weighted by atomic mass is 9.99. The molecule has 37 heavy (non-hydrogen) atoms. The van der Waals surface area contributed by atoms with Crippen LogP contribution in [0.15, 0.2) is 83.8 Å². The molecule has 0 spiro atoms. The average molecular weight is 523 g/mol. The highest BCUT2D eigenvalue weighted by molar-refractivity contribution is 7.92. The third kappa shape index (κ3) is 6.58. The second-order valence-electron chi connectivity index (χ2n) is 9.75. The van der Waals surface area contributed by atoms with Crippen LogP contribution in [-0.2, 0) is 26.1 Å². The number of likely N-dealkylation sites (tertiary alicyclic amines) is 1. The first-order chi connectivity index (χ1) is 18.0. The molecule has 2 saturated heterocycles. The van der Waals surface area contributed by atoms with Crippen LogP contribution in [0.3, 0.4) is 0 Å². The molecule has 2 fully saturated rings. The molecule has 2 heterocycles. The van der Waals surface area contributed by atoms with Crippen LogP contribution >= 0.6 is 0 Å². The predicted octanol–water partition coefficient (Wildman–Crippen LogP) is 5.01. The summed E-state index contributed by atoms with van der Waals surface area (Å²) in [5, 5.41) is 9.41. The number of anilines is 1. The highest BCUT2D eigenvalue weighted by Gasteiger charge is 2.33. The summed E-state index contributed by atoms with van der Waals surface area (Å²) >= 11 is 0. The highest BCUT2D eigenvalue weighted by Crippen LogP contribution is 2.38. The quantitative estimate of drug-likeness (QED) is 0.432. The van der Waals surface area contributed by atoms with Crippen molar-refractivity contribution in [1.29, 1.82) is 0 Å². The van der Waals surface area contributed by atoms with Gasteiger partial charge in [-0.3, -0.25) is 4.72 Å². The molecule has 0 aromatic heterocycles. The molecule has 196 valence electrons.